The minimum absolute atomic E-state index is 0.0208. The second-order valence-corrected chi connectivity index (χ2v) is 5.77. The molecular formula is C17H16N2O4. The summed E-state index contributed by atoms with van der Waals surface area (Å²) in [5, 5.41) is 2.92. The van der Waals surface area contributed by atoms with Crippen molar-refractivity contribution in [3.05, 3.63) is 48.4 Å². The van der Waals surface area contributed by atoms with Gasteiger partial charge < -0.3 is 14.5 Å². The van der Waals surface area contributed by atoms with E-state index in [1.807, 2.05) is 30.3 Å². The lowest BCUT2D eigenvalue weighted by Gasteiger charge is -2.14. The molecule has 0 unspecified atom stereocenters. The number of nitrogens with zero attached hydrogens (tertiary/aromatic N) is 1. The van der Waals surface area contributed by atoms with Crippen molar-refractivity contribution in [2.24, 2.45) is 5.92 Å². The average Bonchev–Trinajstić information content (AvgIpc) is 2.95. The minimum Gasteiger partial charge on any atom is -0.469 e. The summed E-state index contributed by atoms with van der Waals surface area (Å²) in [6.07, 6.45) is 2.08. The van der Waals surface area contributed by atoms with Crippen LogP contribution in [0, 0.1) is 5.92 Å². The molecule has 1 aromatic heterocycles. The molecule has 2 fully saturated rings. The standard InChI is InChI=1S/C17H16N2O4/c20-16(14-10-13(14)15-5-2-7-22-15)18-11-3-1-4-12(9-11)19-6-8-23-17(19)21/h1-5,7,9,13-14H,6,8,10H2,(H,18,20)/t13-,14-/m1/s1. The number of carbonyl (C=O) groups is 2. The van der Waals surface area contributed by atoms with E-state index < -0.39 is 0 Å². The number of carbonyl (C=O) groups excluding carboxylic acids is 2. The molecule has 1 aromatic carbocycles. The summed E-state index contributed by atoms with van der Waals surface area (Å²) in [4.78, 5) is 25.5. The Hall–Kier alpha value is -2.76. The van der Waals surface area contributed by atoms with E-state index in [1.165, 1.54) is 0 Å². The average molecular weight is 312 g/mol. The van der Waals surface area contributed by atoms with Gasteiger partial charge in [0.25, 0.3) is 0 Å². The van der Waals surface area contributed by atoms with Gasteiger partial charge in [-0.2, -0.15) is 0 Å². The van der Waals surface area contributed by atoms with Crippen LogP contribution in [0.5, 0.6) is 0 Å². The molecule has 0 radical (unpaired) electrons. The molecule has 2 heterocycles. The largest absolute Gasteiger partial charge is 0.469 e. The quantitative estimate of drug-likeness (QED) is 0.942. The van der Waals surface area contributed by atoms with Crippen LogP contribution >= 0.6 is 0 Å². The van der Waals surface area contributed by atoms with Crippen LogP contribution in [-0.4, -0.2) is 25.2 Å². The van der Waals surface area contributed by atoms with Gasteiger partial charge in [-0.05, 0) is 36.8 Å². The van der Waals surface area contributed by atoms with E-state index in [9.17, 15) is 9.59 Å². The fourth-order valence-electron chi connectivity index (χ4n) is 2.92. The Bertz CT molecular complexity index is 741. The van der Waals surface area contributed by atoms with Crippen LogP contribution in [0.3, 0.4) is 0 Å². The highest BCUT2D eigenvalue weighted by atomic mass is 16.6. The zero-order valence-corrected chi connectivity index (χ0v) is 12.4. The fraction of sp³-hybridized carbons (Fsp3) is 0.294. The first-order valence-corrected chi connectivity index (χ1v) is 7.61. The number of nitrogens with one attached hydrogen (secondary N) is 1. The molecule has 0 bridgehead atoms. The molecule has 2 aromatic rings. The van der Waals surface area contributed by atoms with Gasteiger partial charge in [0.2, 0.25) is 5.91 Å². The lowest BCUT2D eigenvalue weighted by molar-refractivity contribution is -0.117. The van der Waals surface area contributed by atoms with Crippen LogP contribution in [-0.2, 0) is 9.53 Å². The highest BCUT2D eigenvalue weighted by molar-refractivity contribution is 5.96. The predicted octanol–water partition coefficient (Wildman–Crippen LogP) is 2.98. The Labute approximate surface area is 133 Å². The SMILES string of the molecule is O=C(Nc1cccc(N2CCOC2=O)c1)[C@@H]1C[C@H]1c1ccco1. The van der Waals surface area contributed by atoms with E-state index in [1.54, 1.807) is 17.2 Å². The number of amides is 2. The van der Waals surface area contributed by atoms with E-state index in [2.05, 4.69) is 5.32 Å². The normalized spacial score (nSPS) is 22.8. The number of cyclic esters (lactones) is 1. The van der Waals surface area contributed by atoms with E-state index >= 15 is 0 Å². The van der Waals surface area contributed by atoms with Gasteiger partial charge in [-0.15, -0.1) is 0 Å². The lowest BCUT2D eigenvalue weighted by atomic mass is 10.2. The maximum absolute atomic E-state index is 12.3. The molecular weight excluding hydrogens is 296 g/mol. The molecule has 6 heteroatoms. The second kappa shape index (κ2) is 5.46. The molecule has 23 heavy (non-hydrogen) atoms. The molecule has 6 nitrogen and oxygen atoms in total. The molecule has 118 valence electrons. The number of furan rings is 1. The maximum Gasteiger partial charge on any atom is 0.414 e. The summed E-state index contributed by atoms with van der Waals surface area (Å²) in [7, 11) is 0. The molecule has 2 atom stereocenters. The number of rotatable bonds is 4. The van der Waals surface area contributed by atoms with Crippen molar-refractivity contribution in [2.75, 3.05) is 23.4 Å². The summed E-state index contributed by atoms with van der Waals surface area (Å²) >= 11 is 0. The third-order valence-electron chi connectivity index (χ3n) is 4.22. The summed E-state index contributed by atoms with van der Waals surface area (Å²) in [6.45, 7) is 0.918. The van der Waals surface area contributed by atoms with E-state index in [0.29, 0.717) is 18.8 Å². The Morgan fingerprint density at radius 3 is 2.91 bits per heavy atom. The van der Waals surface area contributed by atoms with Crippen LogP contribution in [0.15, 0.2) is 47.1 Å². The second-order valence-electron chi connectivity index (χ2n) is 5.77. The number of anilines is 2. The van der Waals surface area contributed by atoms with Gasteiger partial charge in [0.15, 0.2) is 0 Å². The van der Waals surface area contributed by atoms with Crippen molar-refractivity contribution in [3.63, 3.8) is 0 Å². The first-order chi connectivity index (χ1) is 11.2. The Morgan fingerprint density at radius 1 is 1.26 bits per heavy atom. The molecule has 4 rings (SSSR count). The van der Waals surface area contributed by atoms with Crippen molar-refractivity contribution in [3.8, 4) is 0 Å². The lowest BCUT2D eigenvalue weighted by Crippen LogP contribution is -2.23. The van der Waals surface area contributed by atoms with Crippen LogP contribution in [0.2, 0.25) is 0 Å². The molecule has 1 aliphatic carbocycles. The van der Waals surface area contributed by atoms with Crippen LogP contribution < -0.4 is 10.2 Å². The Morgan fingerprint density at radius 2 is 2.17 bits per heavy atom. The molecule has 0 spiro atoms. The Kier molecular flexibility index (Phi) is 3.29. The molecule has 2 amide bonds. The minimum atomic E-state index is -0.353. The van der Waals surface area contributed by atoms with Gasteiger partial charge in [-0.3, -0.25) is 9.69 Å². The van der Waals surface area contributed by atoms with Crippen molar-refractivity contribution in [1.29, 1.82) is 0 Å². The van der Waals surface area contributed by atoms with Gasteiger partial charge in [-0.1, -0.05) is 6.07 Å². The first kappa shape index (κ1) is 13.9. The molecule has 2 aliphatic rings. The third-order valence-corrected chi connectivity index (χ3v) is 4.22. The van der Waals surface area contributed by atoms with E-state index in [4.69, 9.17) is 9.15 Å². The van der Waals surface area contributed by atoms with Crippen LogP contribution in [0.4, 0.5) is 16.2 Å². The van der Waals surface area contributed by atoms with Gasteiger partial charge in [-0.25, -0.2) is 4.79 Å². The molecule has 1 saturated heterocycles. The first-order valence-electron chi connectivity index (χ1n) is 7.61. The van der Waals surface area contributed by atoms with Crippen LogP contribution in [0.1, 0.15) is 18.1 Å². The number of benzene rings is 1. The molecule has 1 saturated carbocycles. The maximum atomic E-state index is 12.3. The summed E-state index contributed by atoms with van der Waals surface area (Å²) < 4.78 is 10.3. The monoisotopic (exact) mass is 312 g/mol. The van der Waals surface area contributed by atoms with Gasteiger partial charge in [0.1, 0.15) is 12.4 Å². The summed E-state index contributed by atoms with van der Waals surface area (Å²) in [5.74, 6) is 0.953. The van der Waals surface area contributed by atoms with Gasteiger partial charge in [0, 0.05) is 23.2 Å². The predicted molar refractivity (Wildman–Crippen MR) is 83.3 cm³/mol. The zero-order chi connectivity index (χ0) is 15.8. The number of ether oxygens (including phenoxy) is 1. The summed E-state index contributed by atoms with van der Waals surface area (Å²) in [5.41, 5.74) is 1.40. The van der Waals surface area contributed by atoms with Gasteiger partial charge in [0.05, 0.1) is 12.8 Å². The third kappa shape index (κ3) is 2.67. The Balaban J connectivity index is 1.43. The number of hydrogen-bond donors (Lipinski definition) is 1. The van der Waals surface area contributed by atoms with Gasteiger partial charge >= 0.3 is 6.09 Å². The molecule has 1 aliphatic heterocycles. The van der Waals surface area contributed by atoms with E-state index in [-0.39, 0.29) is 23.8 Å². The fourth-order valence-corrected chi connectivity index (χ4v) is 2.92. The topological polar surface area (TPSA) is 71.8 Å². The van der Waals surface area contributed by atoms with Crippen molar-refractivity contribution >= 4 is 23.4 Å². The van der Waals surface area contributed by atoms with Crippen LogP contribution in [0.25, 0.3) is 0 Å². The van der Waals surface area contributed by atoms with Crippen molar-refractivity contribution in [1.82, 2.24) is 0 Å². The van der Waals surface area contributed by atoms with Crippen molar-refractivity contribution in [2.45, 2.75) is 12.3 Å². The smallest absolute Gasteiger partial charge is 0.414 e. The van der Waals surface area contributed by atoms with E-state index in [0.717, 1.165) is 17.9 Å². The number of hydrogen-bond acceptors (Lipinski definition) is 4. The molecule has 1 N–H and O–H groups in total. The highest BCUT2D eigenvalue weighted by Crippen LogP contribution is 2.48. The zero-order valence-electron chi connectivity index (χ0n) is 12.4. The highest BCUT2D eigenvalue weighted by Gasteiger charge is 2.45. The summed E-state index contributed by atoms with van der Waals surface area (Å²) in [6, 6.07) is 11.0. The van der Waals surface area contributed by atoms with Crippen molar-refractivity contribution < 1.29 is 18.7 Å².